The number of nitrogens with one attached hydrogen (secondary N) is 2. The molecule has 0 fully saturated rings. The predicted molar refractivity (Wildman–Crippen MR) is 206 cm³/mol. The Balaban J connectivity index is 1.46. The van der Waals surface area contributed by atoms with E-state index in [1.165, 1.54) is 0 Å². The molecule has 3 aromatic rings. The van der Waals surface area contributed by atoms with Crippen LogP contribution in [0.4, 0.5) is 0 Å². The summed E-state index contributed by atoms with van der Waals surface area (Å²) < 4.78 is 27.9. The van der Waals surface area contributed by atoms with E-state index in [0.29, 0.717) is 96.7 Å². The van der Waals surface area contributed by atoms with Gasteiger partial charge in [0.05, 0.1) is 77.9 Å². The van der Waals surface area contributed by atoms with Gasteiger partial charge in [-0.15, -0.1) is 0 Å². The van der Waals surface area contributed by atoms with Gasteiger partial charge in [0, 0.05) is 23.4 Å². The summed E-state index contributed by atoms with van der Waals surface area (Å²) in [5.41, 5.74) is 27.1. The molecule has 18 heteroatoms. The van der Waals surface area contributed by atoms with Crippen LogP contribution in [-0.4, -0.2) is 114 Å². The molecule has 0 spiro atoms. The summed E-state index contributed by atoms with van der Waals surface area (Å²) in [6, 6.07) is 17.3. The number of aliphatic imine (C=N–C) groups is 1. The van der Waals surface area contributed by atoms with E-state index in [1.54, 1.807) is 12.1 Å². The van der Waals surface area contributed by atoms with E-state index in [2.05, 4.69) is 25.7 Å². The third kappa shape index (κ3) is 17.0. The average Bonchev–Trinajstić information content (AvgIpc) is 3.18. The SMILES string of the molecule is [N-]=[N+]=NCCOCCOCCOCCOCCOc1ccc(-c2ccc([C@H](CC(=O)O)NC(=O)CNC(=O)[C@@H](N)CCCN=C(N)N)cc2)c2ccccc12. The Kier molecular flexibility index (Phi) is 20.4. The zero-order valence-corrected chi connectivity index (χ0v) is 30.8. The predicted octanol–water partition coefficient (Wildman–Crippen LogP) is 2.39. The summed E-state index contributed by atoms with van der Waals surface area (Å²) in [5, 5.41) is 20.0. The van der Waals surface area contributed by atoms with Gasteiger partial charge < -0.3 is 56.6 Å². The van der Waals surface area contributed by atoms with Crippen molar-refractivity contribution in [3.63, 3.8) is 0 Å². The van der Waals surface area contributed by atoms with Crippen LogP contribution in [0.1, 0.15) is 30.9 Å². The summed E-state index contributed by atoms with van der Waals surface area (Å²) in [6.07, 6.45) is 0.442. The quantitative estimate of drug-likeness (QED) is 0.0155. The molecule has 3 aromatic carbocycles. The molecule has 2 atom stereocenters. The molecule has 0 heterocycles. The van der Waals surface area contributed by atoms with E-state index in [-0.39, 0.29) is 18.9 Å². The number of amides is 2. The molecule has 0 aromatic heterocycles. The van der Waals surface area contributed by atoms with E-state index >= 15 is 0 Å². The molecule has 9 N–H and O–H groups in total. The first-order chi connectivity index (χ1) is 26.7. The molecule has 55 heavy (non-hydrogen) atoms. The van der Waals surface area contributed by atoms with Crippen LogP contribution >= 0.6 is 0 Å². The fourth-order valence-corrected chi connectivity index (χ4v) is 5.29. The van der Waals surface area contributed by atoms with Crippen LogP contribution in [-0.2, 0) is 33.3 Å². The lowest BCUT2D eigenvalue weighted by Gasteiger charge is -2.19. The summed E-state index contributed by atoms with van der Waals surface area (Å²) >= 11 is 0. The van der Waals surface area contributed by atoms with E-state index in [4.69, 9.17) is 46.4 Å². The highest BCUT2D eigenvalue weighted by Crippen LogP contribution is 2.35. The minimum absolute atomic E-state index is 0.0491. The largest absolute Gasteiger partial charge is 0.491 e. The van der Waals surface area contributed by atoms with Gasteiger partial charge >= 0.3 is 5.97 Å². The van der Waals surface area contributed by atoms with Crippen LogP contribution in [0.15, 0.2) is 70.8 Å². The number of hydrogen-bond acceptors (Lipinski definition) is 11. The Bertz CT molecular complexity index is 1720. The first kappa shape index (κ1) is 43.9. The lowest BCUT2D eigenvalue weighted by molar-refractivity contribution is -0.138. The molecule has 0 aliphatic carbocycles. The van der Waals surface area contributed by atoms with Gasteiger partial charge in [0.15, 0.2) is 5.96 Å². The van der Waals surface area contributed by atoms with Gasteiger partial charge in [0.2, 0.25) is 11.8 Å². The van der Waals surface area contributed by atoms with Crippen LogP contribution < -0.4 is 32.6 Å². The highest BCUT2D eigenvalue weighted by atomic mass is 16.6. The molecule has 2 amide bonds. The maximum absolute atomic E-state index is 12.7. The number of carbonyl (C=O) groups excluding carboxylic acids is 2. The average molecular weight is 766 g/mol. The molecule has 0 radical (unpaired) electrons. The fourth-order valence-electron chi connectivity index (χ4n) is 5.29. The molecule has 0 bridgehead atoms. The third-order valence-corrected chi connectivity index (χ3v) is 7.95. The van der Waals surface area contributed by atoms with Gasteiger partial charge in [-0.3, -0.25) is 19.4 Å². The van der Waals surface area contributed by atoms with Crippen molar-refractivity contribution >= 4 is 34.5 Å². The standard InChI is InChI=1S/C37H51N9O9/c38-31(6-3-13-42-37(39)40)36(50)43-25-34(47)45-32(24-35(48)49)27-9-7-26(8-10-27)28-11-12-33(30-5-2-1-4-29(28)30)55-23-22-54-21-20-53-19-18-52-17-16-51-15-14-44-46-41/h1-2,4-5,7-12,31-32H,3,6,13-25,38H2,(H,43,50)(H,45,47)(H,48,49)(H4,39,40,42)/t31-,32-/m0/s1. The number of nitrogens with zero attached hydrogens (tertiary/aromatic N) is 4. The Morgan fingerprint density at radius 1 is 0.800 bits per heavy atom. The number of guanidine groups is 1. The number of fused-ring (bicyclic) bond motifs is 1. The van der Waals surface area contributed by atoms with Crippen molar-refractivity contribution in [3.8, 4) is 16.9 Å². The second-order valence-corrected chi connectivity index (χ2v) is 12.0. The summed E-state index contributed by atoms with van der Waals surface area (Å²) in [5.74, 6) is -1.51. The van der Waals surface area contributed by atoms with Gasteiger partial charge in [-0.1, -0.05) is 59.7 Å². The molecular weight excluding hydrogens is 714 g/mol. The molecule has 0 aliphatic rings. The molecule has 18 nitrogen and oxygen atoms in total. The van der Waals surface area contributed by atoms with Gasteiger partial charge in [0.25, 0.3) is 0 Å². The number of benzene rings is 3. The Labute approximate surface area is 319 Å². The maximum Gasteiger partial charge on any atom is 0.305 e. The maximum atomic E-state index is 12.7. The van der Waals surface area contributed by atoms with Crippen molar-refractivity contribution in [3.05, 3.63) is 76.7 Å². The summed E-state index contributed by atoms with van der Waals surface area (Å²) in [7, 11) is 0. The van der Waals surface area contributed by atoms with Gasteiger partial charge in [-0.25, -0.2) is 0 Å². The zero-order chi connectivity index (χ0) is 39.7. The Hall–Kier alpha value is -5.49. The molecule has 0 aliphatic heterocycles. The van der Waals surface area contributed by atoms with Crippen molar-refractivity contribution < 1.29 is 43.2 Å². The lowest BCUT2D eigenvalue weighted by Crippen LogP contribution is -2.45. The molecule has 0 saturated carbocycles. The number of nitrogens with two attached hydrogens (primary N) is 3. The number of carboxylic acid groups (broad SMARTS) is 1. The summed E-state index contributed by atoms with van der Waals surface area (Å²) in [6.45, 7) is 3.88. The molecule has 3 rings (SSSR count). The van der Waals surface area contributed by atoms with Crippen LogP contribution in [0, 0.1) is 0 Å². The first-order valence-corrected chi connectivity index (χ1v) is 17.9. The van der Waals surface area contributed by atoms with E-state index in [9.17, 15) is 19.5 Å². The highest BCUT2D eigenvalue weighted by molar-refractivity contribution is 6.00. The Morgan fingerprint density at radius 2 is 1.42 bits per heavy atom. The second-order valence-electron chi connectivity index (χ2n) is 12.0. The normalized spacial score (nSPS) is 11.9. The van der Waals surface area contributed by atoms with Crippen LogP contribution in [0.25, 0.3) is 32.3 Å². The van der Waals surface area contributed by atoms with Gasteiger partial charge in [-0.2, -0.15) is 0 Å². The first-order valence-electron chi connectivity index (χ1n) is 17.9. The fraction of sp³-hybridized carbons (Fsp3) is 0.459. The number of ether oxygens (including phenoxy) is 5. The van der Waals surface area contributed by atoms with E-state index in [1.807, 2.05) is 48.5 Å². The molecule has 0 saturated heterocycles. The zero-order valence-electron chi connectivity index (χ0n) is 30.8. The monoisotopic (exact) mass is 765 g/mol. The number of carbonyl (C=O) groups is 3. The topological polar surface area (TPSA) is 281 Å². The van der Waals surface area contributed by atoms with Crippen molar-refractivity contribution in [1.29, 1.82) is 0 Å². The van der Waals surface area contributed by atoms with Crippen LogP contribution in [0.3, 0.4) is 0 Å². The second kappa shape index (κ2) is 25.5. The van der Waals surface area contributed by atoms with Crippen molar-refractivity contribution in [1.82, 2.24) is 10.6 Å². The summed E-state index contributed by atoms with van der Waals surface area (Å²) in [4.78, 5) is 43.2. The van der Waals surface area contributed by atoms with Crippen molar-refractivity contribution in [2.45, 2.75) is 31.3 Å². The number of hydrogen-bond donors (Lipinski definition) is 6. The van der Waals surface area contributed by atoms with Crippen LogP contribution in [0.2, 0.25) is 0 Å². The highest BCUT2D eigenvalue weighted by Gasteiger charge is 2.20. The minimum atomic E-state index is -1.09. The number of aliphatic carboxylic acids is 1. The minimum Gasteiger partial charge on any atom is -0.491 e. The number of azide groups is 1. The van der Waals surface area contributed by atoms with Gasteiger partial charge in [-0.05, 0) is 46.5 Å². The molecule has 298 valence electrons. The Morgan fingerprint density at radius 3 is 2.04 bits per heavy atom. The van der Waals surface area contributed by atoms with E-state index in [0.717, 1.165) is 21.9 Å². The lowest BCUT2D eigenvalue weighted by atomic mass is 9.95. The van der Waals surface area contributed by atoms with Crippen molar-refractivity contribution in [2.75, 3.05) is 79.1 Å². The molecule has 0 unspecified atom stereocenters. The van der Waals surface area contributed by atoms with Crippen LogP contribution in [0.5, 0.6) is 5.75 Å². The van der Waals surface area contributed by atoms with E-state index < -0.39 is 29.9 Å². The number of rotatable bonds is 28. The third-order valence-electron chi connectivity index (χ3n) is 7.95. The van der Waals surface area contributed by atoms with Crippen molar-refractivity contribution in [2.24, 2.45) is 27.3 Å². The van der Waals surface area contributed by atoms with Gasteiger partial charge in [0.1, 0.15) is 12.4 Å². The smallest absolute Gasteiger partial charge is 0.305 e. The molecular formula is C37H51N9O9. The number of carboxylic acids is 1.